The van der Waals surface area contributed by atoms with Gasteiger partial charge in [0.15, 0.2) is 5.78 Å². The average Bonchev–Trinajstić information content (AvgIpc) is 2.54. The first-order valence-electron chi connectivity index (χ1n) is 7.73. The van der Waals surface area contributed by atoms with Crippen molar-refractivity contribution < 1.29 is 19.1 Å². The lowest BCUT2D eigenvalue weighted by Crippen LogP contribution is -2.43. The van der Waals surface area contributed by atoms with Gasteiger partial charge in [-0.3, -0.25) is 9.59 Å². The number of ether oxygens (including phenoxy) is 1. The van der Waals surface area contributed by atoms with Crippen LogP contribution in [0.5, 0.6) is 0 Å². The van der Waals surface area contributed by atoms with Gasteiger partial charge in [0.1, 0.15) is 17.8 Å². The van der Waals surface area contributed by atoms with Gasteiger partial charge in [-0.25, -0.2) is 0 Å². The van der Waals surface area contributed by atoms with E-state index in [9.17, 15) is 14.4 Å². The Morgan fingerprint density at radius 2 is 2.00 bits per heavy atom. The number of hydrogen-bond acceptors (Lipinski definition) is 4. The Labute approximate surface area is 134 Å². The number of rotatable bonds is 4. The van der Waals surface area contributed by atoms with E-state index in [1.54, 1.807) is 6.08 Å². The molecule has 0 amide bonds. The maximum Gasteiger partial charge on any atom is 0.318 e. The Morgan fingerprint density at radius 1 is 1.26 bits per heavy atom. The van der Waals surface area contributed by atoms with Gasteiger partial charge in [0.2, 0.25) is 0 Å². The fourth-order valence-electron chi connectivity index (χ4n) is 3.23. The summed E-state index contributed by atoms with van der Waals surface area (Å²) in [5, 5.41) is 0. The Kier molecular flexibility index (Phi) is 4.24. The molecule has 0 spiro atoms. The zero-order chi connectivity index (χ0) is 16.4. The second-order valence-corrected chi connectivity index (χ2v) is 5.95. The predicted molar refractivity (Wildman–Crippen MR) is 84.7 cm³/mol. The van der Waals surface area contributed by atoms with Gasteiger partial charge in [0.05, 0.1) is 0 Å². The fraction of sp³-hybridized carbons (Fsp3) is 0.316. The van der Waals surface area contributed by atoms with Crippen LogP contribution in [0.3, 0.4) is 0 Å². The minimum atomic E-state index is -0.949. The average molecular weight is 310 g/mol. The van der Waals surface area contributed by atoms with Crippen LogP contribution in [0.4, 0.5) is 0 Å². The number of carbonyl (C=O) groups is 3. The number of allylic oxidation sites excluding steroid dienone is 2. The van der Waals surface area contributed by atoms with Crippen molar-refractivity contribution in [3.8, 4) is 0 Å². The molecule has 4 heteroatoms. The van der Waals surface area contributed by atoms with E-state index in [1.807, 2.05) is 42.5 Å². The standard InChI is InChI=1S/C19H18O4/c1-12(20)11-15(13-7-3-2-4-8-13)17-18(21)14-9-5-6-10-16(14)23-19(17)22/h2-4,6-10,15-17H,5,11H2,1H3. The topological polar surface area (TPSA) is 60.4 Å². The second-order valence-electron chi connectivity index (χ2n) is 5.95. The van der Waals surface area contributed by atoms with Crippen LogP contribution in [0, 0.1) is 5.92 Å². The third kappa shape index (κ3) is 3.02. The van der Waals surface area contributed by atoms with E-state index in [2.05, 4.69) is 0 Å². The van der Waals surface area contributed by atoms with Crippen LogP contribution in [0.1, 0.15) is 31.2 Å². The minimum absolute atomic E-state index is 0.0564. The summed E-state index contributed by atoms with van der Waals surface area (Å²) in [6.45, 7) is 1.47. The number of carbonyl (C=O) groups excluding carboxylic acids is 3. The van der Waals surface area contributed by atoms with Crippen LogP contribution in [-0.4, -0.2) is 23.6 Å². The molecule has 1 aliphatic heterocycles. The van der Waals surface area contributed by atoms with Gasteiger partial charge < -0.3 is 9.53 Å². The quantitative estimate of drug-likeness (QED) is 0.487. The van der Waals surface area contributed by atoms with Crippen molar-refractivity contribution in [2.45, 2.75) is 31.8 Å². The first kappa shape index (κ1) is 15.4. The summed E-state index contributed by atoms with van der Waals surface area (Å²) in [6, 6.07) is 9.23. The number of benzene rings is 1. The first-order chi connectivity index (χ1) is 11.1. The molecule has 0 bridgehead atoms. The minimum Gasteiger partial charge on any atom is -0.453 e. The zero-order valence-corrected chi connectivity index (χ0v) is 12.9. The molecule has 1 aromatic rings. The molecule has 3 rings (SSSR count). The van der Waals surface area contributed by atoms with Crippen molar-refractivity contribution in [2.75, 3.05) is 0 Å². The maximum absolute atomic E-state index is 12.9. The molecule has 1 saturated heterocycles. The Bertz CT molecular complexity index is 699. The summed E-state index contributed by atoms with van der Waals surface area (Å²) in [6.07, 6.45) is 5.65. The van der Waals surface area contributed by atoms with Gasteiger partial charge in [-0.2, -0.15) is 0 Å². The largest absolute Gasteiger partial charge is 0.453 e. The van der Waals surface area contributed by atoms with Crippen LogP contribution in [-0.2, 0) is 19.1 Å². The highest BCUT2D eigenvalue weighted by Gasteiger charge is 2.45. The highest BCUT2D eigenvalue weighted by atomic mass is 16.5. The Balaban J connectivity index is 1.98. The SMILES string of the molecule is CC(=O)CC(c1ccccc1)C1C(=O)OC2C=CCC=C2C1=O. The zero-order valence-electron chi connectivity index (χ0n) is 12.9. The summed E-state index contributed by atoms with van der Waals surface area (Å²) >= 11 is 0. The second kappa shape index (κ2) is 6.32. The van der Waals surface area contributed by atoms with Crippen molar-refractivity contribution >= 4 is 17.5 Å². The van der Waals surface area contributed by atoms with E-state index in [0.29, 0.717) is 12.0 Å². The van der Waals surface area contributed by atoms with Crippen molar-refractivity contribution in [1.82, 2.24) is 0 Å². The summed E-state index contributed by atoms with van der Waals surface area (Å²) in [5.41, 5.74) is 1.34. The number of esters is 1. The smallest absolute Gasteiger partial charge is 0.318 e. The highest BCUT2D eigenvalue weighted by molar-refractivity contribution is 6.12. The molecule has 23 heavy (non-hydrogen) atoms. The van der Waals surface area contributed by atoms with E-state index < -0.39 is 23.9 Å². The number of ketones is 2. The predicted octanol–water partition coefficient (Wildman–Crippen LogP) is 2.75. The third-order valence-corrected chi connectivity index (χ3v) is 4.29. The fourth-order valence-corrected chi connectivity index (χ4v) is 3.23. The van der Waals surface area contributed by atoms with Gasteiger partial charge in [-0.05, 0) is 25.0 Å². The molecule has 0 N–H and O–H groups in total. The van der Waals surface area contributed by atoms with Gasteiger partial charge >= 0.3 is 5.97 Å². The molecule has 0 saturated carbocycles. The van der Waals surface area contributed by atoms with Crippen LogP contribution < -0.4 is 0 Å². The highest BCUT2D eigenvalue weighted by Crippen LogP contribution is 2.37. The first-order valence-corrected chi connectivity index (χ1v) is 7.73. The van der Waals surface area contributed by atoms with E-state index in [4.69, 9.17) is 4.74 Å². The van der Waals surface area contributed by atoms with Crippen molar-refractivity contribution in [3.05, 3.63) is 59.7 Å². The van der Waals surface area contributed by atoms with Crippen molar-refractivity contribution in [3.63, 3.8) is 0 Å². The van der Waals surface area contributed by atoms with Gasteiger partial charge in [-0.1, -0.05) is 42.5 Å². The summed E-state index contributed by atoms with van der Waals surface area (Å²) < 4.78 is 5.43. The molecule has 1 fully saturated rings. The van der Waals surface area contributed by atoms with E-state index >= 15 is 0 Å². The van der Waals surface area contributed by atoms with Crippen LogP contribution in [0.25, 0.3) is 0 Å². The van der Waals surface area contributed by atoms with E-state index in [1.165, 1.54) is 6.92 Å². The number of fused-ring (bicyclic) bond motifs is 1. The third-order valence-electron chi connectivity index (χ3n) is 4.29. The van der Waals surface area contributed by atoms with Crippen molar-refractivity contribution in [2.24, 2.45) is 5.92 Å². The molecular weight excluding hydrogens is 292 g/mol. The molecule has 4 nitrogen and oxygen atoms in total. The van der Waals surface area contributed by atoms with Gasteiger partial charge in [-0.15, -0.1) is 0 Å². The van der Waals surface area contributed by atoms with Crippen molar-refractivity contribution in [1.29, 1.82) is 0 Å². The molecule has 2 aliphatic rings. The lowest BCUT2D eigenvalue weighted by Gasteiger charge is -2.33. The van der Waals surface area contributed by atoms with E-state index in [-0.39, 0.29) is 18.0 Å². The molecule has 118 valence electrons. The summed E-state index contributed by atoms with van der Waals surface area (Å²) in [4.78, 5) is 37.0. The van der Waals surface area contributed by atoms with Gasteiger partial charge in [0.25, 0.3) is 0 Å². The molecule has 1 aromatic carbocycles. The van der Waals surface area contributed by atoms with Gasteiger partial charge in [0, 0.05) is 17.9 Å². The van der Waals surface area contributed by atoms with E-state index in [0.717, 1.165) is 5.56 Å². The molecule has 3 atom stereocenters. The molecule has 0 aromatic heterocycles. The van der Waals surface area contributed by atoms with Crippen LogP contribution >= 0.6 is 0 Å². The Hall–Kier alpha value is -2.49. The summed E-state index contributed by atoms with van der Waals surface area (Å²) in [7, 11) is 0. The van der Waals surface area contributed by atoms with Crippen LogP contribution in [0.2, 0.25) is 0 Å². The molecule has 1 aliphatic carbocycles. The maximum atomic E-state index is 12.9. The lowest BCUT2D eigenvalue weighted by molar-refractivity contribution is -0.158. The molecular formula is C19H18O4. The Morgan fingerprint density at radius 3 is 2.70 bits per heavy atom. The molecule has 3 unspecified atom stereocenters. The normalized spacial score (nSPS) is 24.5. The lowest BCUT2D eigenvalue weighted by atomic mass is 9.75. The number of Topliss-reactive ketones (excluding diaryl/α,β-unsaturated/α-hetero) is 2. The molecule has 0 radical (unpaired) electrons. The van der Waals surface area contributed by atoms with Crippen LogP contribution in [0.15, 0.2) is 54.1 Å². The number of hydrogen-bond donors (Lipinski definition) is 0. The summed E-state index contributed by atoms with van der Waals surface area (Å²) in [5.74, 6) is -2.25. The monoisotopic (exact) mass is 310 g/mol. The molecule has 1 heterocycles.